The standard InChI is InChI=1S/C20H19F7N2O/c21-17-4-2-1-3-16(17)18(29-7-5-28-6-8-29)12-30-15-10-13(19(22,23)24)9-14(11-15)20(25,26)27/h1-4,9-11,18,28H,5-8,12H2. The number of nitrogens with zero attached hydrogens (tertiary/aromatic N) is 1. The van der Waals surface area contributed by atoms with Crippen LogP contribution >= 0.6 is 0 Å². The zero-order valence-electron chi connectivity index (χ0n) is 15.7. The van der Waals surface area contributed by atoms with Crippen LogP contribution in [0.25, 0.3) is 0 Å². The Hall–Kier alpha value is -2.33. The molecule has 30 heavy (non-hydrogen) atoms. The molecule has 0 radical (unpaired) electrons. The summed E-state index contributed by atoms with van der Waals surface area (Å²) in [6, 6.07) is 6.29. The smallest absolute Gasteiger partial charge is 0.416 e. The number of alkyl halides is 6. The minimum Gasteiger partial charge on any atom is -0.492 e. The molecule has 1 saturated heterocycles. The largest absolute Gasteiger partial charge is 0.492 e. The van der Waals surface area contributed by atoms with Crippen LogP contribution in [0.5, 0.6) is 5.75 Å². The average molecular weight is 436 g/mol. The van der Waals surface area contributed by atoms with Gasteiger partial charge in [-0.1, -0.05) is 18.2 Å². The second-order valence-corrected chi connectivity index (χ2v) is 6.88. The lowest BCUT2D eigenvalue weighted by molar-refractivity contribution is -0.143. The summed E-state index contributed by atoms with van der Waals surface area (Å²) in [6.45, 7) is 1.98. The maximum absolute atomic E-state index is 14.4. The van der Waals surface area contributed by atoms with Crippen molar-refractivity contribution in [1.82, 2.24) is 10.2 Å². The van der Waals surface area contributed by atoms with Crippen molar-refractivity contribution >= 4 is 0 Å². The fraction of sp³-hybridized carbons (Fsp3) is 0.400. The summed E-state index contributed by atoms with van der Waals surface area (Å²) < 4.78 is 98.1. The molecule has 1 aliphatic rings. The summed E-state index contributed by atoms with van der Waals surface area (Å²) in [7, 11) is 0. The average Bonchev–Trinajstić information content (AvgIpc) is 2.69. The number of halogens is 7. The number of hydrogen-bond donors (Lipinski definition) is 1. The van der Waals surface area contributed by atoms with Crippen molar-refractivity contribution in [2.24, 2.45) is 0 Å². The van der Waals surface area contributed by atoms with E-state index in [-0.39, 0.29) is 18.2 Å². The van der Waals surface area contributed by atoms with Crippen LogP contribution in [0.1, 0.15) is 22.7 Å². The van der Waals surface area contributed by atoms with Crippen molar-refractivity contribution in [3.05, 3.63) is 65.0 Å². The Morgan fingerprint density at radius 3 is 2.00 bits per heavy atom. The summed E-state index contributed by atoms with van der Waals surface area (Å²) in [5.74, 6) is -1.10. The molecule has 1 unspecified atom stereocenters. The van der Waals surface area contributed by atoms with Crippen LogP contribution in [0, 0.1) is 5.82 Å². The van der Waals surface area contributed by atoms with Crippen molar-refractivity contribution < 1.29 is 35.5 Å². The highest BCUT2D eigenvalue weighted by Crippen LogP contribution is 2.38. The van der Waals surface area contributed by atoms with E-state index >= 15 is 0 Å². The van der Waals surface area contributed by atoms with Crippen molar-refractivity contribution in [2.75, 3.05) is 32.8 Å². The van der Waals surface area contributed by atoms with Gasteiger partial charge in [-0.25, -0.2) is 4.39 Å². The Morgan fingerprint density at radius 2 is 1.47 bits per heavy atom. The lowest BCUT2D eigenvalue weighted by Gasteiger charge is -2.35. The molecule has 2 aromatic rings. The van der Waals surface area contributed by atoms with Crippen LogP contribution in [0.3, 0.4) is 0 Å². The number of rotatable bonds is 5. The molecule has 1 fully saturated rings. The summed E-state index contributed by atoms with van der Waals surface area (Å²) in [5, 5.41) is 3.13. The highest BCUT2D eigenvalue weighted by atomic mass is 19.4. The monoisotopic (exact) mass is 436 g/mol. The van der Waals surface area contributed by atoms with Crippen LogP contribution in [0.2, 0.25) is 0 Å². The normalized spacial score (nSPS) is 17.0. The minimum atomic E-state index is -4.97. The zero-order valence-corrected chi connectivity index (χ0v) is 15.7. The topological polar surface area (TPSA) is 24.5 Å². The van der Waals surface area contributed by atoms with E-state index in [0.717, 1.165) is 0 Å². The van der Waals surface area contributed by atoms with Gasteiger partial charge in [0.05, 0.1) is 17.2 Å². The van der Waals surface area contributed by atoms with Crippen LogP contribution in [-0.2, 0) is 12.4 Å². The highest BCUT2D eigenvalue weighted by Gasteiger charge is 2.37. The van der Waals surface area contributed by atoms with E-state index in [4.69, 9.17) is 4.74 Å². The molecular weight excluding hydrogens is 417 g/mol. The molecule has 1 atom stereocenters. The van der Waals surface area contributed by atoms with Gasteiger partial charge >= 0.3 is 12.4 Å². The molecule has 2 aromatic carbocycles. The molecule has 0 spiro atoms. The number of hydrogen-bond acceptors (Lipinski definition) is 3. The van der Waals surface area contributed by atoms with E-state index in [2.05, 4.69) is 5.32 Å². The van der Waals surface area contributed by atoms with E-state index in [9.17, 15) is 30.7 Å². The van der Waals surface area contributed by atoms with E-state index in [0.29, 0.717) is 38.3 Å². The van der Waals surface area contributed by atoms with Crippen molar-refractivity contribution in [3.8, 4) is 5.75 Å². The Bertz CT molecular complexity index is 829. The first-order chi connectivity index (χ1) is 14.1. The Labute approximate surface area is 168 Å². The fourth-order valence-corrected chi connectivity index (χ4v) is 3.32. The van der Waals surface area contributed by atoms with E-state index < -0.39 is 41.1 Å². The van der Waals surface area contributed by atoms with E-state index in [1.165, 1.54) is 18.2 Å². The van der Waals surface area contributed by atoms with Gasteiger partial charge in [0.15, 0.2) is 0 Å². The molecule has 164 valence electrons. The first-order valence-electron chi connectivity index (χ1n) is 9.17. The number of benzene rings is 2. The van der Waals surface area contributed by atoms with Gasteiger partial charge < -0.3 is 10.1 Å². The number of nitrogens with one attached hydrogen (secondary N) is 1. The van der Waals surface area contributed by atoms with E-state index in [1.807, 2.05) is 4.90 Å². The molecule has 1 aliphatic heterocycles. The molecule has 10 heteroatoms. The summed E-state index contributed by atoms with van der Waals surface area (Å²) in [5.41, 5.74) is -2.66. The number of piperazine rings is 1. The van der Waals surface area contributed by atoms with Gasteiger partial charge in [-0.2, -0.15) is 26.3 Å². The SMILES string of the molecule is Fc1ccccc1C(COc1cc(C(F)(F)F)cc(C(F)(F)F)c1)N1CCNCC1. The first kappa shape index (κ1) is 22.4. The molecule has 0 aromatic heterocycles. The van der Waals surface area contributed by atoms with Crippen LogP contribution in [0.4, 0.5) is 30.7 Å². The third kappa shape index (κ3) is 5.42. The van der Waals surface area contributed by atoms with Crippen molar-refractivity contribution in [2.45, 2.75) is 18.4 Å². The molecule has 3 nitrogen and oxygen atoms in total. The predicted octanol–water partition coefficient (Wildman–Crippen LogP) is 4.89. The molecule has 0 saturated carbocycles. The third-order valence-electron chi connectivity index (χ3n) is 4.83. The molecule has 0 aliphatic carbocycles. The maximum atomic E-state index is 14.4. The minimum absolute atomic E-state index is 0.0392. The van der Waals surface area contributed by atoms with Gasteiger partial charge in [-0.3, -0.25) is 4.90 Å². The molecule has 0 amide bonds. The predicted molar refractivity (Wildman–Crippen MR) is 95.5 cm³/mol. The summed E-state index contributed by atoms with van der Waals surface area (Å²) in [4.78, 5) is 1.88. The zero-order chi connectivity index (χ0) is 21.9. The molecule has 1 N–H and O–H groups in total. The van der Waals surface area contributed by atoms with Gasteiger partial charge in [-0.05, 0) is 24.3 Å². The summed E-state index contributed by atoms with van der Waals surface area (Å²) in [6.07, 6.45) is -9.94. The molecule has 0 bridgehead atoms. The second kappa shape index (κ2) is 8.81. The van der Waals surface area contributed by atoms with Crippen LogP contribution < -0.4 is 10.1 Å². The molecule has 1 heterocycles. The van der Waals surface area contributed by atoms with Crippen molar-refractivity contribution in [1.29, 1.82) is 0 Å². The Balaban J connectivity index is 1.90. The second-order valence-electron chi connectivity index (χ2n) is 6.88. The van der Waals surface area contributed by atoms with Gasteiger partial charge in [0.25, 0.3) is 0 Å². The Morgan fingerprint density at radius 1 is 0.900 bits per heavy atom. The third-order valence-corrected chi connectivity index (χ3v) is 4.83. The van der Waals surface area contributed by atoms with E-state index in [1.54, 1.807) is 6.07 Å². The lowest BCUT2D eigenvalue weighted by atomic mass is 10.0. The van der Waals surface area contributed by atoms with Crippen LogP contribution in [0.15, 0.2) is 42.5 Å². The van der Waals surface area contributed by atoms with Gasteiger partial charge in [-0.15, -0.1) is 0 Å². The van der Waals surface area contributed by atoms with Crippen molar-refractivity contribution in [3.63, 3.8) is 0 Å². The molecular formula is C20H19F7N2O. The summed E-state index contributed by atoms with van der Waals surface area (Å²) >= 11 is 0. The van der Waals surface area contributed by atoms with Gasteiger partial charge in [0, 0.05) is 31.7 Å². The number of ether oxygens (including phenoxy) is 1. The highest BCUT2D eigenvalue weighted by molar-refractivity contribution is 5.37. The molecule has 3 rings (SSSR count). The first-order valence-corrected chi connectivity index (χ1v) is 9.17. The van der Waals surface area contributed by atoms with Crippen LogP contribution in [-0.4, -0.2) is 37.7 Å². The van der Waals surface area contributed by atoms with Gasteiger partial charge in [0.2, 0.25) is 0 Å². The lowest BCUT2D eigenvalue weighted by Crippen LogP contribution is -2.46. The Kier molecular flexibility index (Phi) is 6.56. The maximum Gasteiger partial charge on any atom is 0.416 e. The van der Waals surface area contributed by atoms with Gasteiger partial charge in [0.1, 0.15) is 18.2 Å². The quantitative estimate of drug-likeness (QED) is 0.676. The fourth-order valence-electron chi connectivity index (χ4n) is 3.32.